The summed E-state index contributed by atoms with van der Waals surface area (Å²) in [6, 6.07) is 6.56. The lowest BCUT2D eigenvalue weighted by molar-refractivity contribution is -0.883. The Morgan fingerprint density at radius 2 is 0.506 bits per heavy atom. The van der Waals surface area contributed by atoms with Gasteiger partial charge in [-0.25, -0.2) is 0 Å². The van der Waals surface area contributed by atoms with Crippen LogP contribution in [0.25, 0.3) is 0 Å². The first-order chi connectivity index (χ1) is 37.7. The summed E-state index contributed by atoms with van der Waals surface area (Å²) in [5.74, 6) is -4.31. The Morgan fingerprint density at radius 1 is 0.358 bits per heavy atom. The Hall–Kier alpha value is -9.20. The SMILES string of the molecule is Nc1cc(N2CCCCC2)nc(N)[n+]1O.Nc1cc(N2CCCCC2)nc(N)[n+]1O.Nc1cc(N2CCCCC2)nc(N)[n+]1O.Nc1cc(N2CCCCC2)nc(N)[n+]1O.O.O=C([O-])[C@H](O)[C@@H](O)C(=O)[O-].O=C([O-])[C@H](O)[C@@H](O)C(=O)[O-]. The number of aromatic nitrogens is 8. The van der Waals surface area contributed by atoms with E-state index in [4.69, 9.17) is 66.3 Å². The molecule has 4 aliphatic rings. The Kier molecular flexibility index (Phi) is 27.4. The molecule has 4 aliphatic heterocycles. The minimum Gasteiger partial charge on any atom is -0.547 e. The number of nitrogens with two attached hydrogens (primary N) is 8. The average Bonchev–Trinajstić information content (AvgIpc) is 3.48. The molecule has 81 heavy (non-hydrogen) atoms. The molecule has 4 atom stereocenters. The second-order valence-electron chi connectivity index (χ2n) is 18.1. The lowest BCUT2D eigenvalue weighted by Crippen LogP contribution is -2.51. The lowest BCUT2D eigenvalue weighted by Gasteiger charge is -2.26. The van der Waals surface area contributed by atoms with Crippen LogP contribution >= 0.6 is 0 Å². The molecule has 0 aromatic carbocycles. The second-order valence-corrected chi connectivity index (χ2v) is 18.1. The van der Waals surface area contributed by atoms with Crippen LogP contribution in [0.2, 0.25) is 0 Å². The third-order valence-corrected chi connectivity index (χ3v) is 12.2. The van der Waals surface area contributed by atoms with Gasteiger partial charge >= 0.3 is 23.8 Å². The van der Waals surface area contributed by atoms with Crippen molar-refractivity contribution < 1.29 is 105 Å². The first kappa shape index (κ1) is 67.9. The van der Waals surface area contributed by atoms with Gasteiger partial charge in [0, 0.05) is 52.4 Å². The van der Waals surface area contributed by atoms with Crippen molar-refractivity contribution in [2.24, 2.45) is 0 Å². The number of hydrogen-bond acceptors (Lipinski definition) is 32. The maximum absolute atomic E-state index is 9.63. The number of aliphatic hydroxyl groups excluding tert-OH is 4. The van der Waals surface area contributed by atoms with Crippen LogP contribution in [0, 0.1) is 0 Å². The molecule has 37 nitrogen and oxygen atoms in total. The molecule has 452 valence electrons. The highest BCUT2D eigenvalue weighted by Crippen LogP contribution is 2.22. The number of aliphatic hydroxyl groups is 4. The van der Waals surface area contributed by atoms with E-state index in [9.17, 15) is 60.4 Å². The summed E-state index contributed by atoms with van der Waals surface area (Å²) in [4.78, 5) is 63.4. The standard InChI is InChI=1S/4C9H15N5O.2C4H6O6.H2O/c4*10-7-6-8(12-9(11)14(7)15)13-4-2-1-3-5-13;2*5-1(3(7)8)2(6)4(9)10;/h4*6,15H,1-5H2,(H3,10,11,12);2*1-2,5-6H,(H,7,8)(H,9,10);1H2/t;;;;2*1-,2-;/m....11./s1. The highest BCUT2D eigenvalue weighted by molar-refractivity contribution is 5.81. The van der Waals surface area contributed by atoms with Crippen LogP contribution in [-0.4, -0.2) is 167 Å². The summed E-state index contributed by atoms with van der Waals surface area (Å²) in [5.41, 5.74) is 44.5. The van der Waals surface area contributed by atoms with Gasteiger partial charge in [0.05, 0.1) is 48.1 Å². The number of rotatable bonds is 10. The summed E-state index contributed by atoms with van der Waals surface area (Å²) in [6.45, 7) is 7.79. The fourth-order valence-electron chi connectivity index (χ4n) is 7.75. The number of piperidine rings is 4. The third kappa shape index (κ3) is 20.8. The van der Waals surface area contributed by atoms with Crippen molar-refractivity contribution in [2.75, 3.05) is 118 Å². The van der Waals surface area contributed by atoms with E-state index in [0.29, 0.717) is 18.9 Å². The van der Waals surface area contributed by atoms with Crippen LogP contribution in [-0.2, 0) is 19.2 Å². The normalized spacial score (nSPS) is 16.2. The number of aliphatic carboxylic acids is 4. The predicted molar refractivity (Wildman–Crippen MR) is 274 cm³/mol. The first-order valence-corrected chi connectivity index (χ1v) is 24.9. The van der Waals surface area contributed by atoms with Crippen molar-refractivity contribution in [1.29, 1.82) is 0 Å². The second kappa shape index (κ2) is 32.6. The predicted octanol–water partition coefficient (Wildman–Crippen LogP) is -11.4. The zero-order valence-corrected chi connectivity index (χ0v) is 44.1. The van der Waals surface area contributed by atoms with Crippen LogP contribution in [0.4, 0.5) is 70.3 Å². The van der Waals surface area contributed by atoms with Gasteiger partial charge in [0.2, 0.25) is 23.3 Å². The van der Waals surface area contributed by atoms with Crippen LogP contribution in [0.3, 0.4) is 0 Å². The molecule has 4 aromatic heterocycles. The molecule has 26 N–H and O–H groups in total. The molecule has 37 heteroatoms. The van der Waals surface area contributed by atoms with E-state index in [1.807, 2.05) is 0 Å². The Bertz CT molecular complexity index is 2230. The zero-order chi connectivity index (χ0) is 60.0. The summed E-state index contributed by atoms with van der Waals surface area (Å²) in [7, 11) is 0. The van der Waals surface area contributed by atoms with E-state index in [-0.39, 0.29) is 52.5 Å². The van der Waals surface area contributed by atoms with E-state index in [2.05, 4.69) is 39.5 Å². The number of carbonyl (C=O) groups is 4. The lowest BCUT2D eigenvalue weighted by atomic mass is 10.1. The molecule has 0 radical (unpaired) electrons. The number of nitrogens with zero attached hydrogens (tertiary/aromatic N) is 12. The quantitative estimate of drug-likeness (QED) is 0.0518. The summed E-state index contributed by atoms with van der Waals surface area (Å²) in [5, 5.41) is 109. The van der Waals surface area contributed by atoms with Crippen LogP contribution in [0.1, 0.15) is 77.0 Å². The smallest absolute Gasteiger partial charge is 0.383 e. The minimum atomic E-state index is -2.44. The van der Waals surface area contributed by atoms with Gasteiger partial charge in [0.25, 0.3) is 0 Å². The highest BCUT2D eigenvalue weighted by Gasteiger charge is 2.24. The van der Waals surface area contributed by atoms with Crippen molar-refractivity contribution in [3.05, 3.63) is 24.3 Å². The van der Waals surface area contributed by atoms with Gasteiger partial charge in [-0.3, -0.25) is 0 Å². The molecule has 4 saturated heterocycles. The fraction of sp³-hybridized carbons (Fsp3) is 0.545. The summed E-state index contributed by atoms with van der Waals surface area (Å²) in [6.07, 6.45) is 4.57. The van der Waals surface area contributed by atoms with Crippen molar-refractivity contribution in [2.45, 2.75) is 101 Å². The third-order valence-electron chi connectivity index (χ3n) is 12.2. The van der Waals surface area contributed by atoms with Crippen LogP contribution in [0.15, 0.2) is 24.3 Å². The molecule has 0 saturated carbocycles. The van der Waals surface area contributed by atoms with Gasteiger partial charge in [-0.2, -0.15) is 0 Å². The highest BCUT2D eigenvalue weighted by atomic mass is 16.5. The summed E-state index contributed by atoms with van der Waals surface area (Å²) < 4.78 is 2.75. The summed E-state index contributed by atoms with van der Waals surface area (Å²) >= 11 is 0. The number of hydrogen-bond donors (Lipinski definition) is 16. The topological polar surface area (TPSA) is 642 Å². The van der Waals surface area contributed by atoms with Gasteiger partial charge in [-0.05, 0) is 96.0 Å². The molecule has 4 fully saturated rings. The molecule has 8 heterocycles. The first-order valence-electron chi connectivity index (χ1n) is 24.9. The molecule has 0 unspecified atom stereocenters. The van der Waals surface area contributed by atoms with Gasteiger partial charge in [-0.1, -0.05) is 19.9 Å². The number of anilines is 12. The number of carboxylic acids is 4. The monoisotopic (exact) mass is 1150 g/mol. The number of carbonyl (C=O) groups excluding carboxylic acids is 4. The molecule has 0 amide bonds. The van der Waals surface area contributed by atoms with Gasteiger partial charge in [0.15, 0.2) is 23.3 Å². The maximum atomic E-state index is 9.63. The number of nitrogen functional groups attached to an aromatic ring is 8. The maximum Gasteiger partial charge on any atom is 0.383 e. The fourth-order valence-corrected chi connectivity index (χ4v) is 7.75. The van der Waals surface area contributed by atoms with Crippen molar-refractivity contribution >= 4 is 94.2 Å². The minimum absolute atomic E-state index is 0. The van der Waals surface area contributed by atoms with Gasteiger partial charge < -0.3 is 152 Å². The average molecular weight is 1160 g/mol. The Balaban J connectivity index is 0.000000334. The molecule has 4 aromatic rings. The van der Waals surface area contributed by atoms with Crippen LogP contribution in [0.5, 0.6) is 0 Å². The van der Waals surface area contributed by atoms with Gasteiger partial charge in [0.1, 0.15) is 24.4 Å². The van der Waals surface area contributed by atoms with Crippen molar-refractivity contribution in [3.63, 3.8) is 0 Å². The molecular formula is C44H74N20O17. The van der Waals surface area contributed by atoms with E-state index in [0.717, 1.165) is 127 Å². The molecule has 0 aliphatic carbocycles. The molecule has 0 bridgehead atoms. The van der Waals surface area contributed by atoms with Crippen LogP contribution < -0.4 is 105 Å². The largest absolute Gasteiger partial charge is 0.547 e. The zero-order valence-electron chi connectivity index (χ0n) is 44.1. The molecule has 8 rings (SSSR count). The van der Waals surface area contributed by atoms with E-state index < -0.39 is 48.3 Å². The van der Waals surface area contributed by atoms with Crippen molar-refractivity contribution in [1.82, 2.24) is 19.9 Å². The van der Waals surface area contributed by atoms with E-state index >= 15 is 0 Å². The van der Waals surface area contributed by atoms with E-state index in [1.165, 1.54) is 25.7 Å². The number of carboxylic acid groups (broad SMARTS) is 4. The van der Waals surface area contributed by atoms with E-state index in [1.54, 1.807) is 24.3 Å². The molecule has 0 spiro atoms. The molecular weight excluding hydrogens is 1080 g/mol. The Labute approximate surface area is 462 Å². The van der Waals surface area contributed by atoms with Crippen molar-refractivity contribution in [3.8, 4) is 0 Å². The Morgan fingerprint density at radius 3 is 0.630 bits per heavy atom. The van der Waals surface area contributed by atoms with Gasteiger partial charge in [-0.15, -0.1) is 0 Å².